The number of carbonyl (C=O) groups is 3. The summed E-state index contributed by atoms with van der Waals surface area (Å²) < 4.78 is 37.5. The Labute approximate surface area is 157 Å². The van der Waals surface area contributed by atoms with Crippen LogP contribution in [0.4, 0.5) is 13.2 Å². The van der Waals surface area contributed by atoms with Crippen molar-refractivity contribution in [2.24, 2.45) is 5.92 Å². The van der Waals surface area contributed by atoms with Crippen LogP contribution in [-0.4, -0.2) is 41.6 Å². The average Bonchev–Trinajstić information content (AvgIpc) is 3.16. The van der Waals surface area contributed by atoms with Gasteiger partial charge in [0, 0.05) is 24.6 Å². The molecule has 8 heteroatoms. The summed E-state index contributed by atoms with van der Waals surface area (Å²) in [5.41, 5.74) is 0.635. The maximum absolute atomic E-state index is 12.5. The zero-order valence-corrected chi connectivity index (χ0v) is 15.0. The summed E-state index contributed by atoms with van der Waals surface area (Å²) in [6.45, 7) is 0.699. The summed E-state index contributed by atoms with van der Waals surface area (Å²) >= 11 is 0.546. The largest absolute Gasteiger partial charge is 0.455 e. The number of nitrogens with zero attached hydrogens (tertiary/aromatic N) is 1. The first-order chi connectivity index (χ1) is 12.8. The van der Waals surface area contributed by atoms with Crippen molar-refractivity contribution in [3.63, 3.8) is 0 Å². The minimum atomic E-state index is -4.96. The van der Waals surface area contributed by atoms with E-state index in [1.165, 1.54) is 11.0 Å². The summed E-state index contributed by atoms with van der Waals surface area (Å²) in [5, 5.41) is 0. The fourth-order valence-electron chi connectivity index (χ4n) is 3.05. The Bertz CT molecular complexity index is 853. The third kappa shape index (κ3) is 4.27. The number of carbonyl (C=O) groups excluding carboxylic acids is 3. The van der Waals surface area contributed by atoms with E-state index >= 15 is 0 Å². The third-order valence-electron chi connectivity index (χ3n) is 4.51. The number of halogens is 3. The van der Waals surface area contributed by atoms with Gasteiger partial charge in [-0.15, -0.1) is 11.3 Å². The fourth-order valence-corrected chi connectivity index (χ4v) is 3.99. The number of Topliss-reactive ketones (excluding diaryl/α,β-unsaturated/α-hetero) is 2. The van der Waals surface area contributed by atoms with Crippen LogP contribution in [0.1, 0.15) is 42.5 Å². The molecular formula is C19H16F3NO3S. The van der Waals surface area contributed by atoms with E-state index in [4.69, 9.17) is 0 Å². The van der Waals surface area contributed by atoms with Gasteiger partial charge in [0.2, 0.25) is 0 Å². The smallest absolute Gasteiger partial charge is 0.338 e. The quantitative estimate of drug-likeness (QED) is 0.728. The number of hydrogen-bond donors (Lipinski definition) is 0. The van der Waals surface area contributed by atoms with Crippen molar-refractivity contribution in [2.45, 2.75) is 19.0 Å². The summed E-state index contributed by atoms with van der Waals surface area (Å²) in [7, 11) is 0. The highest BCUT2D eigenvalue weighted by molar-refractivity contribution is 7.16. The van der Waals surface area contributed by atoms with Gasteiger partial charge in [0.25, 0.3) is 11.7 Å². The van der Waals surface area contributed by atoms with E-state index in [9.17, 15) is 27.6 Å². The number of thiophene rings is 1. The van der Waals surface area contributed by atoms with E-state index in [-0.39, 0.29) is 16.6 Å². The Hall–Kier alpha value is -2.48. The molecule has 0 saturated carbocycles. The molecule has 4 nitrogen and oxygen atoms in total. The number of amides is 1. The molecule has 0 radical (unpaired) electrons. The van der Waals surface area contributed by atoms with Gasteiger partial charge < -0.3 is 4.90 Å². The minimum Gasteiger partial charge on any atom is -0.338 e. The summed E-state index contributed by atoms with van der Waals surface area (Å²) in [4.78, 5) is 37.3. The van der Waals surface area contributed by atoms with Gasteiger partial charge in [-0.3, -0.25) is 14.4 Å². The lowest BCUT2D eigenvalue weighted by molar-refractivity contribution is -0.0882. The van der Waals surface area contributed by atoms with Gasteiger partial charge in [0.05, 0.1) is 9.75 Å². The molecule has 0 spiro atoms. The number of rotatable bonds is 4. The molecule has 0 N–H and O–H groups in total. The summed E-state index contributed by atoms with van der Waals surface area (Å²) in [5.74, 6) is -2.50. The lowest BCUT2D eigenvalue weighted by Gasteiger charge is -2.31. The molecule has 3 rings (SSSR count). The lowest BCUT2D eigenvalue weighted by atomic mass is 9.89. The first-order valence-electron chi connectivity index (χ1n) is 8.37. The Morgan fingerprint density at radius 2 is 1.52 bits per heavy atom. The second-order valence-corrected chi connectivity index (χ2v) is 7.37. The van der Waals surface area contributed by atoms with Gasteiger partial charge in [-0.1, -0.05) is 30.3 Å². The van der Waals surface area contributed by atoms with Crippen LogP contribution in [0.15, 0.2) is 42.5 Å². The molecule has 0 unspecified atom stereocenters. The first kappa shape index (κ1) is 19.3. The number of likely N-dealkylation sites (tertiary alicyclic amines) is 1. The predicted molar refractivity (Wildman–Crippen MR) is 94.1 cm³/mol. The van der Waals surface area contributed by atoms with Gasteiger partial charge in [0.15, 0.2) is 5.78 Å². The number of ketones is 2. The van der Waals surface area contributed by atoms with Gasteiger partial charge in [-0.25, -0.2) is 0 Å². The van der Waals surface area contributed by atoms with Crippen LogP contribution in [0.2, 0.25) is 0 Å². The highest BCUT2D eigenvalue weighted by Gasteiger charge is 2.40. The summed E-state index contributed by atoms with van der Waals surface area (Å²) in [6, 6.07) is 11.2. The Kier molecular flexibility index (Phi) is 5.46. The standard InChI is InChI=1S/C19H16F3NO3S/c20-19(21,22)17(25)14-6-7-15(27-14)18(26)23-10-8-13(9-11-23)16(24)12-4-2-1-3-5-12/h1-7,13H,8-11H2. The maximum Gasteiger partial charge on any atom is 0.455 e. The molecule has 1 aliphatic heterocycles. The molecule has 1 aromatic heterocycles. The van der Waals surface area contributed by atoms with Crippen LogP contribution in [-0.2, 0) is 0 Å². The molecule has 0 atom stereocenters. The van der Waals surface area contributed by atoms with E-state index in [2.05, 4.69) is 0 Å². The van der Waals surface area contributed by atoms with Gasteiger partial charge >= 0.3 is 6.18 Å². The molecule has 142 valence electrons. The highest BCUT2D eigenvalue weighted by atomic mass is 32.1. The molecular weight excluding hydrogens is 379 g/mol. The minimum absolute atomic E-state index is 0.0388. The van der Waals surface area contributed by atoms with Crippen LogP contribution in [0, 0.1) is 5.92 Å². The predicted octanol–water partition coefficient (Wildman–Crippen LogP) is 4.23. The molecule has 1 aliphatic rings. The maximum atomic E-state index is 12.5. The van der Waals surface area contributed by atoms with Crippen molar-refractivity contribution in [3.05, 3.63) is 57.8 Å². The van der Waals surface area contributed by atoms with E-state index < -0.39 is 22.7 Å². The molecule has 1 fully saturated rings. The topological polar surface area (TPSA) is 54.5 Å². The summed E-state index contributed by atoms with van der Waals surface area (Å²) in [6.07, 6.45) is -3.96. The van der Waals surface area contributed by atoms with Crippen molar-refractivity contribution in [3.8, 4) is 0 Å². The van der Waals surface area contributed by atoms with Crippen molar-refractivity contribution in [1.82, 2.24) is 4.90 Å². The van der Waals surface area contributed by atoms with Gasteiger partial charge in [-0.05, 0) is 25.0 Å². The van der Waals surface area contributed by atoms with Crippen LogP contribution >= 0.6 is 11.3 Å². The average molecular weight is 395 g/mol. The number of hydrogen-bond acceptors (Lipinski definition) is 4. The van der Waals surface area contributed by atoms with Gasteiger partial charge in [-0.2, -0.15) is 13.2 Å². The van der Waals surface area contributed by atoms with Crippen molar-refractivity contribution >= 4 is 28.8 Å². The van der Waals surface area contributed by atoms with Crippen molar-refractivity contribution < 1.29 is 27.6 Å². The van der Waals surface area contributed by atoms with E-state index in [0.717, 1.165) is 6.07 Å². The van der Waals surface area contributed by atoms with Crippen LogP contribution in [0.25, 0.3) is 0 Å². The number of benzene rings is 1. The van der Waals surface area contributed by atoms with Crippen LogP contribution in [0.5, 0.6) is 0 Å². The zero-order valence-electron chi connectivity index (χ0n) is 14.2. The molecule has 2 aromatic rings. The molecule has 0 bridgehead atoms. The second kappa shape index (κ2) is 7.64. The highest BCUT2D eigenvalue weighted by Crippen LogP contribution is 2.28. The van der Waals surface area contributed by atoms with E-state index in [1.54, 1.807) is 24.3 Å². The Balaban J connectivity index is 1.61. The van der Waals surface area contributed by atoms with Crippen LogP contribution < -0.4 is 0 Å². The number of alkyl halides is 3. The SMILES string of the molecule is O=C(c1ccccc1)C1CCN(C(=O)c2ccc(C(=O)C(F)(F)F)s2)CC1. The molecule has 1 saturated heterocycles. The first-order valence-corrected chi connectivity index (χ1v) is 9.19. The Morgan fingerprint density at radius 1 is 0.926 bits per heavy atom. The second-order valence-electron chi connectivity index (χ2n) is 6.29. The van der Waals surface area contributed by atoms with Crippen LogP contribution in [0.3, 0.4) is 0 Å². The molecule has 0 aliphatic carbocycles. The van der Waals surface area contributed by atoms with Gasteiger partial charge in [0.1, 0.15) is 0 Å². The number of piperidine rings is 1. The van der Waals surface area contributed by atoms with E-state index in [1.807, 2.05) is 6.07 Å². The molecule has 1 aromatic carbocycles. The normalized spacial score (nSPS) is 15.6. The molecule has 27 heavy (non-hydrogen) atoms. The van der Waals surface area contributed by atoms with E-state index in [0.29, 0.717) is 42.8 Å². The Morgan fingerprint density at radius 3 is 2.11 bits per heavy atom. The van der Waals surface area contributed by atoms with Crippen molar-refractivity contribution in [1.29, 1.82) is 0 Å². The monoisotopic (exact) mass is 395 g/mol. The lowest BCUT2D eigenvalue weighted by Crippen LogP contribution is -2.40. The third-order valence-corrected chi connectivity index (χ3v) is 5.58. The fraction of sp³-hybridized carbons (Fsp3) is 0.316. The molecule has 1 amide bonds. The zero-order chi connectivity index (χ0) is 19.6. The van der Waals surface area contributed by atoms with Crippen molar-refractivity contribution in [2.75, 3.05) is 13.1 Å². The molecule has 2 heterocycles.